The third-order valence-corrected chi connectivity index (χ3v) is 1.45. The molecule has 2 nitrogen and oxygen atoms in total. The van der Waals surface area contributed by atoms with E-state index in [1.54, 1.807) is 12.3 Å². The summed E-state index contributed by atoms with van der Waals surface area (Å²) in [5.74, 6) is 0.776. The van der Waals surface area contributed by atoms with Crippen LogP contribution in [-0.4, -0.2) is 5.12 Å². The van der Waals surface area contributed by atoms with Crippen LogP contribution in [0.5, 0.6) is 0 Å². The Kier molecular flexibility index (Phi) is 2.06. The van der Waals surface area contributed by atoms with Crippen LogP contribution in [0.1, 0.15) is 11.3 Å². The number of hydrogen-bond donors (Lipinski definition) is 0. The van der Waals surface area contributed by atoms with E-state index in [0.29, 0.717) is 6.42 Å². The smallest absolute Gasteiger partial charge is 0.104 e. The van der Waals surface area contributed by atoms with Crippen LogP contribution in [0.25, 0.3) is 0 Å². The van der Waals surface area contributed by atoms with Crippen LogP contribution in [-0.2, 0) is 23.8 Å². The molecule has 0 radical (unpaired) electrons. The van der Waals surface area contributed by atoms with Gasteiger partial charge in [0.15, 0.2) is 0 Å². The number of rotatable bonds is 2. The molecule has 0 unspecified atom stereocenters. The molecule has 0 aromatic carbocycles. The van der Waals surface area contributed by atoms with Crippen molar-refractivity contribution >= 4 is 17.7 Å². The maximum absolute atomic E-state index is 10.4. The molecule has 0 saturated carbocycles. The number of carbonyl (C=O) groups excluding carboxylic acids is 1. The topological polar surface area (TPSA) is 30.2 Å². The van der Waals surface area contributed by atoms with Crippen molar-refractivity contribution in [2.45, 2.75) is 13.3 Å². The Hall–Kier alpha value is -0.830. The van der Waals surface area contributed by atoms with Crippen LogP contribution < -0.4 is 0 Å². The molecular formula is C7H7O2S-. The van der Waals surface area contributed by atoms with Crippen LogP contribution in [0.4, 0.5) is 0 Å². The fraction of sp³-hybridized carbons (Fsp3) is 0.286. The fourth-order valence-corrected chi connectivity index (χ4v) is 0.906. The molecule has 1 aromatic heterocycles. The first-order chi connectivity index (χ1) is 4.70. The zero-order chi connectivity index (χ0) is 7.56. The monoisotopic (exact) mass is 155 g/mol. The second-order valence-corrected chi connectivity index (χ2v) is 2.51. The molecule has 3 heteroatoms. The van der Waals surface area contributed by atoms with Crippen molar-refractivity contribution in [1.29, 1.82) is 0 Å². The van der Waals surface area contributed by atoms with Gasteiger partial charge in [0.2, 0.25) is 0 Å². The van der Waals surface area contributed by atoms with Gasteiger partial charge in [0, 0.05) is 11.5 Å². The van der Waals surface area contributed by atoms with E-state index in [4.69, 9.17) is 4.42 Å². The highest BCUT2D eigenvalue weighted by atomic mass is 32.1. The van der Waals surface area contributed by atoms with E-state index in [0.717, 1.165) is 11.3 Å². The van der Waals surface area contributed by atoms with Gasteiger partial charge in [-0.3, -0.25) is 0 Å². The van der Waals surface area contributed by atoms with E-state index in [9.17, 15) is 4.79 Å². The van der Waals surface area contributed by atoms with Gasteiger partial charge in [0.1, 0.15) is 5.76 Å². The van der Waals surface area contributed by atoms with Crippen molar-refractivity contribution in [2.24, 2.45) is 0 Å². The lowest BCUT2D eigenvalue weighted by atomic mass is 10.2. The van der Waals surface area contributed by atoms with Gasteiger partial charge in [-0.1, -0.05) is 0 Å². The summed E-state index contributed by atoms with van der Waals surface area (Å²) in [4.78, 5) is 10.4. The van der Waals surface area contributed by atoms with Gasteiger partial charge in [0.05, 0.1) is 6.26 Å². The third-order valence-electron chi connectivity index (χ3n) is 1.30. The summed E-state index contributed by atoms with van der Waals surface area (Å²) < 4.78 is 4.97. The Labute approximate surface area is 64.6 Å². The summed E-state index contributed by atoms with van der Waals surface area (Å²) in [5, 5.41) is -0.246. The number of carbonyl (C=O) groups is 1. The first kappa shape index (κ1) is 7.28. The molecule has 1 aromatic rings. The van der Waals surface area contributed by atoms with E-state index in [2.05, 4.69) is 12.6 Å². The van der Waals surface area contributed by atoms with E-state index in [-0.39, 0.29) is 5.12 Å². The van der Waals surface area contributed by atoms with Crippen molar-refractivity contribution in [3.8, 4) is 0 Å². The normalized spacial score (nSPS) is 9.70. The highest BCUT2D eigenvalue weighted by Crippen LogP contribution is 2.08. The molecule has 0 saturated heterocycles. The molecule has 1 heterocycles. The Bertz CT molecular complexity index is 240. The summed E-state index contributed by atoms with van der Waals surface area (Å²) in [6, 6.07) is 1.76. The Morgan fingerprint density at radius 1 is 1.80 bits per heavy atom. The minimum Gasteiger partial charge on any atom is -0.742 e. The molecule has 0 aliphatic heterocycles. The van der Waals surface area contributed by atoms with Crippen LogP contribution in [0, 0.1) is 6.92 Å². The van der Waals surface area contributed by atoms with Gasteiger partial charge in [-0.2, -0.15) is 0 Å². The highest BCUT2D eigenvalue weighted by molar-refractivity contribution is 7.77. The SMILES string of the molecule is Cc1occc1CC(=O)[S-]. The molecule has 10 heavy (non-hydrogen) atoms. The quantitative estimate of drug-likeness (QED) is 0.601. The minimum atomic E-state index is -0.246. The lowest BCUT2D eigenvalue weighted by Crippen LogP contribution is -1.96. The Morgan fingerprint density at radius 3 is 2.90 bits per heavy atom. The van der Waals surface area contributed by atoms with Crippen molar-refractivity contribution in [1.82, 2.24) is 0 Å². The maximum Gasteiger partial charge on any atom is 0.104 e. The lowest BCUT2D eigenvalue weighted by Gasteiger charge is -2.00. The van der Waals surface area contributed by atoms with E-state index in [1.807, 2.05) is 6.92 Å². The molecule has 0 fully saturated rings. The summed E-state index contributed by atoms with van der Waals surface area (Å²) in [7, 11) is 0. The van der Waals surface area contributed by atoms with Crippen LogP contribution in [0.2, 0.25) is 0 Å². The maximum atomic E-state index is 10.4. The van der Waals surface area contributed by atoms with Crippen molar-refractivity contribution < 1.29 is 9.21 Å². The highest BCUT2D eigenvalue weighted by Gasteiger charge is 1.98. The second kappa shape index (κ2) is 2.84. The zero-order valence-electron chi connectivity index (χ0n) is 5.59. The number of furan rings is 1. The molecule has 0 atom stereocenters. The standard InChI is InChI=1S/C7H8O2S/c1-5-6(2-3-9-5)4-7(8)10/h2-3H,4H2,1H3,(H,8,10)/p-1. The Morgan fingerprint density at radius 2 is 2.50 bits per heavy atom. The molecule has 0 aliphatic rings. The number of aryl methyl sites for hydroxylation is 1. The molecule has 0 N–H and O–H groups in total. The second-order valence-electron chi connectivity index (χ2n) is 2.05. The van der Waals surface area contributed by atoms with E-state index < -0.39 is 0 Å². The molecule has 0 amide bonds. The third kappa shape index (κ3) is 1.57. The van der Waals surface area contributed by atoms with Crippen molar-refractivity contribution in [3.05, 3.63) is 23.7 Å². The first-order valence-electron chi connectivity index (χ1n) is 2.93. The molecular weight excluding hydrogens is 148 g/mol. The fourth-order valence-electron chi connectivity index (χ4n) is 0.750. The summed E-state index contributed by atoms with van der Waals surface area (Å²) in [6.07, 6.45) is 1.86. The summed E-state index contributed by atoms with van der Waals surface area (Å²) in [6.45, 7) is 1.81. The zero-order valence-corrected chi connectivity index (χ0v) is 6.40. The number of hydrogen-bond acceptors (Lipinski definition) is 3. The van der Waals surface area contributed by atoms with Crippen LogP contribution >= 0.6 is 0 Å². The minimum absolute atomic E-state index is 0.246. The van der Waals surface area contributed by atoms with Crippen molar-refractivity contribution in [2.75, 3.05) is 0 Å². The molecule has 0 aliphatic carbocycles. The molecule has 0 bridgehead atoms. The molecule has 54 valence electrons. The average Bonchev–Trinajstić information content (AvgIpc) is 2.15. The summed E-state index contributed by atoms with van der Waals surface area (Å²) in [5.41, 5.74) is 0.889. The van der Waals surface area contributed by atoms with Gasteiger partial charge in [0.25, 0.3) is 0 Å². The first-order valence-corrected chi connectivity index (χ1v) is 3.34. The Balaban J connectivity index is 2.74. The van der Waals surface area contributed by atoms with Crippen LogP contribution in [0.3, 0.4) is 0 Å². The molecule has 1 rings (SSSR count). The van der Waals surface area contributed by atoms with Crippen molar-refractivity contribution in [3.63, 3.8) is 0 Å². The van der Waals surface area contributed by atoms with Crippen LogP contribution in [0.15, 0.2) is 16.7 Å². The predicted octanol–water partition coefficient (Wildman–Crippen LogP) is 1.20. The summed E-state index contributed by atoms with van der Waals surface area (Å²) >= 11 is 4.41. The van der Waals surface area contributed by atoms with E-state index >= 15 is 0 Å². The average molecular weight is 155 g/mol. The van der Waals surface area contributed by atoms with Gasteiger partial charge in [-0.05, 0) is 18.6 Å². The lowest BCUT2D eigenvalue weighted by molar-refractivity contribution is -0.110. The predicted molar refractivity (Wildman–Crippen MR) is 39.5 cm³/mol. The van der Waals surface area contributed by atoms with Gasteiger partial charge in [-0.15, -0.1) is 0 Å². The van der Waals surface area contributed by atoms with Gasteiger partial charge < -0.3 is 21.8 Å². The largest absolute Gasteiger partial charge is 0.742 e. The van der Waals surface area contributed by atoms with Gasteiger partial charge >= 0.3 is 0 Å². The van der Waals surface area contributed by atoms with Gasteiger partial charge in [-0.25, -0.2) is 0 Å². The molecule has 0 spiro atoms. The van der Waals surface area contributed by atoms with E-state index in [1.165, 1.54) is 0 Å².